The van der Waals surface area contributed by atoms with Crippen molar-refractivity contribution in [2.75, 3.05) is 0 Å². The highest BCUT2D eigenvalue weighted by Gasteiger charge is 2.15. The van der Waals surface area contributed by atoms with Crippen LogP contribution in [0.25, 0.3) is 0 Å². The molecule has 0 aromatic heterocycles. The maximum atomic E-state index is 3.98. The van der Waals surface area contributed by atoms with Gasteiger partial charge in [-0.3, -0.25) is 0 Å². The Bertz CT molecular complexity index is 490. The van der Waals surface area contributed by atoms with E-state index in [0.29, 0.717) is 5.92 Å². The number of allylic oxidation sites excluding steroid dienone is 10. The molecule has 0 bridgehead atoms. The van der Waals surface area contributed by atoms with Crippen molar-refractivity contribution in [2.24, 2.45) is 5.92 Å². The van der Waals surface area contributed by atoms with Gasteiger partial charge in [0, 0.05) is 0 Å². The second kappa shape index (κ2) is 15.0. The smallest absolute Gasteiger partial charge is 0.00936 e. The zero-order valence-corrected chi connectivity index (χ0v) is 17.5. The summed E-state index contributed by atoms with van der Waals surface area (Å²) in [6.45, 7) is 24.8. The van der Waals surface area contributed by atoms with Crippen LogP contribution in [-0.2, 0) is 0 Å². The zero-order chi connectivity index (χ0) is 19.1. The van der Waals surface area contributed by atoms with Crippen LogP contribution in [-0.4, -0.2) is 0 Å². The van der Waals surface area contributed by atoms with E-state index in [1.54, 1.807) is 5.57 Å². The molecule has 1 rings (SSSR count). The zero-order valence-electron chi connectivity index (χ0n) is 17.5. The van der Waals surface area contributed by atoms with Crippen molar-refractivity contribution in [3.05, 3.63) is 71.4 Å². The van der Waals surface area contributed by atoms with Gasteiger partial charge in [-0.2, -0.15) is 0 Å². The van der Waals surface area contributed by atoms with E-state index in [9.17, 15) is 0 Å². The quantitative estimate of drug-likeness (QED) is 0.445. The molecule has 0 nitrogen and oxygen atoms in total. The minimum atomic E-state index is 0.499. The first-order chi connectivity index (χ1) is 11.5. The first-order valence-corrected chi connectivity index (χ1v) is 9.57. The van der Waals surface area contributed by atoms with E-state index >= 15 is 0 Å². The van der Waals surface area contributed by atoms with Crippen LogP contribution in [0, 0.1) is 5.92 Å². The summed E-state index contributed by atoms with van der Waals surface area (Å²) in [5.74, 6) is 0.499. The Labute approximate surface area is 152 Å². The summed E-state index contributed by atoms with van der Waals surface area (Å²) in [5, 5.41) is 0. The SMILES string of the molecule is C=C/C=C(C=C)\C(=C1/CC=CC(C)=C(CC)C1)C(C)C.CC.CC. The fourth-order valence-corrected chi connectivity index (χ4v) is 2.91. The van der Waals surface area contributed by atoms with Crippen molar-refractivity contribution < 1.29 is 0 Å². The molecule has 0 aromatic rings. The van der Waals surface area contributed by atoms with Gasteiger partial charge >= 0.3 is 0 Å². The van der Waals surface area contributed by atoms with Gasteiger partial charge in [0.25, 0.3) is 0 Å². The molecule has 0 saturated carbocycles. The number of hydrogen-bond donors (Lipinski definition) is 0. The predicted octanol–water partition coefficient (Wildman–Crippen LogP) is 8.37. The van der Waals surface area contributed by atoms with Crippen molar-refractivity contribution >= 4 is 0 Å². The summed E-state index contributed by atoms with van der Waals surface area (Å²) in [6, 6.07) is 0. The largest absolute Gasteiger partial charge is 0.0990 e. The van der Waals surface area contributed by atoms with Crippen LogP contribution in [0.5, 0.6) is 0 Å². The monoisotopic (exact) mass is 328 g/mol. The fourth-order valence-electron chi connectivity index (χ4n) is 2.91. The maximum Gasteiger partial charge on any atom is -0.00936 e. The molecular formula is C24H40. The summed E-state index contributed by atoms with van der Waals surface area (Å²) in [5.41, 5.74) is 7.16. The minimum Gasteiger partial charge on any atom is -0.0990 e. The topological polar surface area (TPSA) is 0 Å². The molecule has 0 radical (unpaired) electrons. The van der Waals surface area contributed by atoms with Crippen LogP contribution in [0.1, 0.15) is 74.7 Å². The lowest BCUT2D eigenvalue weighted by molar-refractivity contribution is 0.755. The van der Waals surface area contributed by atoms with Crippen LogP contribution < -0.4 is 0 Å². The third kappa shape index (κ3) is 7.81. The highest BCUT2D eigenvalue weighted by Crippen LogP contribution is 2.33. The van der Waals surface area contributed by atoms with Gasteiger partial charge in [0.05, 0.1) is 0 Å². The predicted molar refractivity (Wildman–Crippen MR) is 114 cm³/mol. The molecular weight excluding hydrogens is 288 g/mol. The Morgan fingerprint density at radius 1 is 1.17 bits per heavy atom. The molecule has 1 aliphatic carbocycles. The summed E-state index contributed by atoms with van der Waals surface area (Å²) in [6.07, 6.45) is 13.7. The van der Waals surface area contributed by atoms with Crippen LogP contribution >= 0.6 is 0 Å². The molecule has 0 spiro atoms. The number of rotatable bonds is 5. The molecule has 0 N–H and O–H groups in total. The molecule has 0 heteroatoms. The van der Waals surface area contributed by atoms with Gasteiger partial charge in [0.1, 0.15) is 0 Å². The summed E-state index contributed by atoms with van der Waals surface area (Å²) >= 11 is 0. The van der Waals surface area contributed by atoms with Crippen molar-refractivity contribution in [3.8, 4) is 0 Å². The van der Waals surface area contributed by atoms with Crippen molar-refractivity contribution in [3.63, 3.8) is 0 Å². The third-order valence-electron chi connectivity index (χ3n) is 3.93. The molecule has 0 unspecified atom stereocenters. The molecule has 0 saturated heterocycles. The van der Waals surface area contributed by atoms with E-state index in [-0.39, 0.29) is 0 Å². The first-order valence-electron chi connectivity index (χ1n) is 9.57. The number of hydrogen-bond acceptors (Lipinski definition) is 0. The van der Waals surface area contributed by atoms with Crippen molar-refractivity contribution in [1.29, 1.82) is 0 Å². The standard InChI is InChI=1S/C20H28.2C2H6/c1-7-11-17(8-2)20(15(4)5)19-13-10-12-16(6)18(9-3)14-19;2*1-2/h7-8,10-12,15H,1-2,9,13-14H2,3-6H3;2*1-2H3/b17-11-,20-19+;;. The van der Waals surface area contributed by atoms with E-state index in [4.69, 9.17) is 0 Å². The second-order valence-corrected chi connectivity index (χ2v) is 5.66. The fraction of sp³-hybridized carbons (Fsp3) is 0.500. The van der Waals surface area contributed by atoms with Gasteiger partial charge in [-0.05, 0) is 43.3 Å². The molecule has 0 aromatic carbocycles. The molecule has 0 heterocycles. The maximum absolute atomic E-state index is 3.98. The van der Waals surface area contributed by atoms with E-state index in [1.807, 2.05) is 39.8 Å². The van der Waals surface area contributed by atoms with Gasteiger partial charge in [0.15, 0.2) is 0 Å². The molecule has 1 aliphatic rings. The molecule has 136 valence electrons. The molecule has 0 aliphatic heterocycles. The van der Waals surface area contributed by atoms with Gasteiger partial charge < -0.3 is 0 Å². The highest BCUT2D eigenvalue weighted by molar-refractivity contribution is 5.47. The Kier molecular flexibility index (Phi) is 15.4. The first kappa shape index (κ1) is 24.7. The van der Waals surface area contributed by atoms with Gasteiger partial charge in [-0.25, -0.2) is 0 Å². The summed E-state index contributed by atoms with van der Waals surface area (Å²) < 4.78 is 0. The lowest BCUT2D eigenvalue weighted by Gasteiger charge is -2.20. The van der Waals surface area contributed by atoms with Crippen LogP contribution in [0.3, 0.4) is 0 Å². The minimum absolute atomic E-state index is 0.499. The van der Waals surface area contributed by atoms with Crippen LogP contribution in [0.2, 0.25) is 0 Å². The van der Waals surface area contributed by atoms with Crippen LogP contribution in [0.15, 0.2) is 71.4 Å². The normalized spacial score (nSPS) is 16.5. The Hall–Kier alpha value is -1.56. The third-order valence-corrected chi connectivity index (χ3v) is 3.93. The highest BCUT2D eigenvalue weighted by atomic mass is 14.2. The second-order valence-electron chi connectivity index (χ2n) is 5.66. The molecule has 0 atom stereocenters. The van der Waals surface area contributed by atoms with E-state index in [1.165, 1.54) is 22.3 Å². The van der Waals surface area contributed by atoms with Crippen molar-refractivity contribution in [2.45, 2.75) is 74.7 Å². The van der Waals surface area contributed by atoms with E-state index in [2.05, 4.69) is 59.1 Å². The average molecular weight is 329 g/mol. The Morgan fingerprint density at radius 2 is 1.75 bits per heavy atom. The van der Waals surface area contributed by atoms with Gasteiger partial charge in [-0.15, -0.1) is 0 Å². The van der Waals surface area contributed by atoms with E-state index in [0.717, 1.165) is 19.3 Å². The van der Waals surface area contributed by atoms with E-state index < -0.39 is 0 Å². The van der Waals surface area contributed by atoms with Crippen molar-refractivity contribution in [1.82, 2.24) is 0 Å². The Morgan fingerprint density at radius 3 is 2.17 bits per heavy atom. The summed E-state index contributed by atoms with van der Waals surface area (Å²) in [7, 11) is 0. The summed E-state index contributed by atoms with van der Waals surface area (Å²) in [4.78, 5) is 0. The Balaban J connectivity index is 0. The molecule has 0 fully saturated rings. The van der Waals surface area contributed by atoms with Gasteiger partial charge in [0.2, 0.25) is 0 Å². The lowest BCUT2D eigenvalue weighted by Crippen LogP contribution is -2.03. The average Bonchev–Trinajstić information content (AvgIpc) is 2.79. The molecule has 0 amide bonds. The van der Waals surface area contributed by atoms with Gasteiger partial charge in [-0.1, -0.05) is 109 Å². The lowest BCUT2D eigenvalue weighted by atomic mass is 9.85. The molecule has 24 heavy (non-hydrogen) atoms. The van der Waals surface area contributed by atoms with Crippen LogP contribution in [0.4, 0.5) is 0 Å².